The van der Waals surface area contributed by atoms with Crippen molar-refractivity contribution in [2.45, 2.75) is 39.2 Å². The second-order valence-corrected chi connectivity index (χ2v) is 5.82. The second kappa shape index (κ2) is 5.83. The summed E-state index contributed by atoms with van der Waals surface area (Å²) in [6.45, 7) is 3.38. The highest BCUT2D eigenvalue weighted by Crippen LogP contribution is 2.29. The zero-order chi connectivity index (χ0) is 15.7. The summed E-state index contributed by atoms with van der Waals surface area (Å²) in [5, 5.41) is 10.1. The molecule has 116 valence electrons. The number of nitrogens with zero attached hydrogens (tertiary/aromatic N) is 1. The number of carbonyl (C=O) groups is 2. The van der Waals surface area contributed by atoms with E-state index in [1.807, 2.05) is 4.90 Å². The fourth-order valence-corrected chi connectivity index (χ4v) is 3.05. The number of nitrogens with one attached hydrogen (secondary N) is 1. The summed E-state index contributed by atoms with van der Waals surface area (Å²) in [5.74, 6) is -0.736. The third kappa shape index (κ3) is 2.58. The largest absolute Gasteiger partial charge is 0.478 e. The smallest absolute Gasteiger partial charge is 0.335 e. The fourth-order valence-electron chi connectivity index (χ4n) is 3.05. The molecule has 0 saturated heterocycles. The van der Waals surface area contributed by atoms with Gasteiger partial charge in [0.25, 0.3) is 0 Å². The van der Waals surface area contributed by atoms with Crippen LogP contribution in [0.15, 0.2) is 18.2 Å². The molecule has 0 saturated carbocycles. The van der Waals surface area contributed by atoms with Crippen LogP contribution < -0.4 is 0 Å². The molecule has 3 rings (SSSR count). The van der Waals surface area contributed by atoms with Crippen LogP contribution in [0.25, 0.3) is 10.9 Å². The Morgan fingerprint density at radius 2 is 2.18 bits per heavy atom. The summed E-state index contributed by atoms with van der Waals surface area (Å²) >= 11 is 0. The van der Waals surface area contributed by atoms with Gasteiger partial charge in [0.05, 0.1) is 5.56 Å². The van der Waals surface area contributed by atoms with Crippen LogP contribution in [0.1, 0.15) is 47.8 Å². The molecule has 5 heteroatoms. The Bertz CT molecular complexity index is 733. The Kier molecular flexibility index (Phi) is 3.88. The number of fused-ring (bicyclic) bond motifs is 3. The Morgan fingerprint density at radius 1 is 1.36 bits per heavy atom. The number of aromatic amines is 1. The van der Waals surface area contributed by atoms with E-state index in [4.69, 9.17) is 5.11 Å². The maximum Gasteiger partial charge on any atom is 0.335 e. The Hall–Kier alpha value is -2.30. The SMILES string of the molecule is CCCCC(=O)N1CCc2[nH]c3ccc(C(=O)O)cc3c2C1. The number of unbranched alkanes of at least 4 members (excludes halogenated alkanes) is 1. The van der Waals surface area contributed by atoms with E-state index in [1.165, 1.54) is 0 Å². The van der Waals surface area contributed by atoms with Crippen molar-refractivity contribution in [1.29, 1.82) is 0 Å². The van der Waals surface area contributed by atoms with Gasteiger partial charge in [-0.1, -0.05) is 13.3 Å². The number of hydrogen-bond donors (Lipinski definition) is 2. The predicted molar refractivity (Wildman–Crippen MR) is 83.9 cm³/mol. The van der Waals surface area contributed by atoms with E-state index in [0.29, 0.717) is 13.0 Å². The summed E-state index contributed by atoms with van der Waals surface area (Å²) in [6, 6.07) is 5.12. The predicted octanol–water partition coefficient (Wildman–Crippen LogP) is 2.94. The summed E-state index contributed by atoms with van der Waals surface area (Å²) in [6.07, 6.45) is 3.32. The van der Waals surface area contributed by atoms with E-state index in [-0.39, 0.29) is 11.5 Å². The number of H-pyrrole nitrogens is 1. The van der Waals surface area contributed by atoms with Crippen LogP contribution in [0.3, 0.4) is 0 Å². The number of hydrogen-bond acceptors (Lipinski definition) is 2. The van der Waals surface area contributed by atoms with Crippen LogP contribution in [0, 0.1) is 0 Å². The second-order valence-electron chi connectivity index (χ2n) is 5.82. The molecule has 2 N–H and O–H groups in total. The Labute approximate surface area is 128 Å². The molecule has 1 aliphatic rings. The Morgan fingerprint density at radius 3 is 2.91 bits per heavy atom. The van der Waals surface area contributed by atoms with Gasteiger partial charge in [0.1, 0.15) is 0 Å². The van der Waals surface area contributed by atoms with Crippen molar-refractivity contribution in [2.24, 2.45) is 0 Å². The summed E-state index contributed by atoms with van der Waals surface area (Å²) in [5.41, 5.74) is 3.41. The number of aromatic carboxylic acids is 1. The van der Waals surface area contributed by atoms with Crippen LogP contribution in [0.5, 0.6) is 0 Å². The Balaban J connectivity index is 1.91. The van der Waals surface area contributed by atoms with Gasteiger partial charge >= 0.3 is 5.97 Å². The number of carboxylic acids is 1. The molecular formula is C17H20N2O3. The quantitative estimate of drug-likeness (QED) is 0.911. The maximum absolute atomic E-state index is 12.2. The van der Waals surface area contributed by atoms with Crippen molar-refractivity contribution in [2.75, 3.05) is 6.54 Å². The van der Waals surface area contributed by atoms with Crippen LogP contribution in [0.4, 0.5) is 0 Å². The van der Waals surface area contributed by atoms with Gasteiger partial charge in [-0.2, -0.15) is 0 Å². The lowest BCUT2D eigenvalue weighted by Crippen LogP contribution is -2.35. The van der Waals surface area contributed by atoms with Crippen LogP contribution in [-0.2, 0) is 17.8 Å². The molecule has 1 aromatic carbocycles. The molecule has 2 aromatic rings. The molecule has 1 aliphatic heterocycles. The highest BCUT2D eigenvalue weighted by Gasteiger charge is 2.24. The minimum atomic E-state index is -0.927. The first-order valence-electron chi connectivity index (χ1n) is 7.74. The number of carbonyl (C=O) groups excluding carboxylic acids is 1. The van der Waals surface area contributed by atoms with Gasteiger partial charge in [-0.15, -0.1) is 0 Å². The lowest BCUT2D eigenvalue weighted by molar-refractivity contribution is -0.132. The summed E-state index contributed by atoms with van der Waals surface area (Å²) < 4.78 is 0. The number of carboxylic acid groups (broad SMARTS) is 1. The lowest BCUT2D eigenvalue weighted by atomic mass is 10.0. The average molecular weight is 300 g/mol. The first-order chi connectivity index (χ1) is 10.6. The fraction of sp³-hybridized carbons (Fsp3) is 0.412. The summed E-state index contributed by atoms with van der Waals surface area (Å²) in [4.78, 5) is 28.6. The number of aromatic nitrogens is 1. The van der Waals surface area contributed by atoms with Crippen molar-refractivity contribution in [1.82, 2.24) is 9.88 Å². The molecule has 0 atom stereocenters. The molecule has 5 nitrogen and oxygen atoms in total. The molecule has 22 heavy (non-hydrogen) atoms. The molecule has 1 amide bonds. The van der Waals surface area contributed by atoms with Gasteiger partial charge in [0.15, 0.2) is 0 Å². The van der Waals surface area contributed by atoms with Crippen molar-refractivity contribution >= 4 is 22.8 Å². The van der Waals surface area contributed by atoms with Crippen LogP contribution >= 0.6 is 0 Å². The lowest BCUT2D eigenvalue weighted by Gasteiger charge is -2.27. The van der Waals surface area contributed by atoms with Crippen molar-refractivity contribution in [3.05, 3.63) is 35.0 Å². The number of amides is 1. The number of benzene rings is 1. The first-order valence-corrected chi connectivity index (χ1v) is 7.74. The zero-order valence-electron chi connectivity index (χ0n) is 12.7. The monoisotopic (exact) mass is 300 g/mol. The van der Waals surface area contributed by atoms with Crippen LogP contribution in [-0.4, -0.2) is 33.4 Å². The third-order valence-corrected chi connectivity index (χ3v) is 4.32. The maximum atomic E-state index is 12.2. The van der Waals surface area contributed by atoms with Gasteiger partial charge in [-0.3, -0.25) is 4.79 Å². The highest BCUT2D eigenvalue weighted by atomic mass is 16.4. The summed E-state index contributed by atoms with van der Waals surface area (Å²) in [7, 11) is 0. The van der Waals surface area contributed by atoms with E-state index in [0.717, 1.165) is 48.0 Å². The van der Waals surface area contributed by atoms with Crippen molar-refractivity contribution in [3.8, 4) is 0 Å². The van der Waals surface area contributed by atoms with E-state index in [9.17, 15) is 9.59 Å². The average Bonchev–Trinajstić information content (AvgIpc) is 2.89. The molecule has 0 radical (unpaired) electrons. The van der Waals surface area contributed by atoms with Gasteiger partial charge in [-0.25, -0.2) is 4.79 Å². The van der Waals surface area contributed by atoms with Crippen molar-refractivity contribution in [3.63, 3.8) is 0 Å². The first kappa shape index (κ1) is 14.6. The topological polar surface area (TPSA) is 73.4 Å². The molecule has 0 bridgehead atoms. The molecule has 0 aliphatic carbocycles. The molecule has 0 fully saturated rings. The molecular weight excluding hydrogens is 280 g/mol. The van der Waals surface area contributed by atoms with Crippen molar-refractivity contribution < 1.29 is 14.7 Å². The molecule has 2 heterocycles. The zero-order valence-corrected chi connectivity index (χ0v) is 12.7. The standard InChI is InChI=1S/C17H20N2O3/c1-2-3-4-16(20)19-8-7-15-13(10-19)12-9-11(17(21)22)5-6-14(12)18-15/h5-6,9,18H,2-4,7-8,10H2,1H3,(H,21,22). The van der Waals surface area contributed by atoms with Gasteiger partial charge in [0.2, 0.25) is 5.91 Å². The highest BCUT2D eigenvalue weighted by molar-refractivity contribution is 5.95. The molecule has 1 aromatic heterocycles. The van der Waals surface area contributed by atoms with E-state index in [2.05, 4.69) is 11.9 Å². The van der Waals surface area contributed by atoms with E-state index >= 15 is 0 Å². The number of rotatable bonds is 4. The van der Waals surface area contributed by atoms with E-state index < -0.39 is 5.97 Å². The third-order valence-electron chi connectivity index (χ3n) is 4.32. The minimum Gasteiger partial charge on any atom is -0.478 e. The van der Waals surface area contributed by atoms with Crippen LogP contribution in [0.2, 0.25) is 0 Å². The van der Waals surface area contributed by atoms with Gasteiger partial charge in [-0.05, 0) is 24.6 Å². The van der Waals surface area contributed by atoms with E-state index in [1.54, 1.807) is 18.2 Å². The van der Waals surface area contributed by atoms with Gasteiger partial charge in [0, 0.05) is 48.1 Å². The molecule has 0 spiro atoms. The molecule has 0 unspecified atom stereocenters. The normalized spacial score (nSPS) is 14.1. The minimum absolute atomic E-state index is 0.191. The van der Waals surface area contributed by atoms with Gasteiger partial charge < -0.3 is 15.0 Å².